The lowest BCUT2D eigenvalue weighted by molar-refractivity contribution is 0.251. The van der Waals surface area contributed by atoms with E-state index in [1.54, 1.807) is 35.0 Å². The molecule has 2 amide bonds. The van der Waals surface area contributed by atoms with E-state index in [1.165, 1.54) is 0 Å². The third kappa shape index (κ3) is 5.09. The standard InChI is InChI=1S/C28H23N5O2/c34-27-25(17-20-9-3-1-4-10-20)32-24-15-8-16-29-26(24)33(27)23-14-7-13-22(18-23)31-28(35)30-19-21-11-5-2-6-12-21/h1-16,18H,17,19H2,(H2,30,31,35). The molecule has 2 heterocycles. The van der Waals surface area contributed by atoms with Crippen LogP contribution in [0.3, 0.4) is 0 Å². The number of benzene rings is 3. The third-order valence-electron chi connectivity index (χ3n) is 5.56. The highest BCUT2D eigenvalue weighted by atomic mass is 16.2. The maximum Gasteiger partial charge on any atom is 0.319 e. The lowest BCUT2D eigenvalue weighted by atomic mass is 10.1. The SMILES string of the molecule is O=C(NCc1ccccc1)Nc1cccc(-n2c(=O)c(Cc3ccccc3)nc3cccnc32)c1. The van der Waals surface area contributed by atoms with Crippen LogP contribution in [0.15, 0.2) is 108 Å². The van der Waals surface area contributed by atoms with Crippen LogP contribution in [0.4, 0.5) is 10.5 Å². The molecule has 5 aromatic rings. The zero-order valence-corrected chi connectivity index (χ0v) is 18.9. The van der Waals surface area contributed by atoms with Crippen molar-refractivity contribution >= 4 is 22.9 Å². The molecule has 35 heavy (non-hydrogen) atoms. The van der Waals surface area contributed by atoms with Gasteiger partial charge in [-0.15, -0.1) is 0 Å². The Balaban J connectivity index is 1.46. The second-order valence-corrected chi connectivity index (χ2v) is 8.05. The van der Waals surface area contributed by atoms with Crippen molar-refractivity contribution in [3.63, 3.8) is 0 Å². The number of amides is 2. The molecule has 172 valence electrons. The summed E-state index contributed by atoms with van der Waals surface area (Å²) in [4.78, 5) is 35.0. The van der Waals surface area contributed by atoms with E-state index in [4.69, 9.17) is 0 Å². The van der Waals surface area contributed by atoms with Crippen LogP contribution >= 0.6 is 0 Å². The van der Waals surface area contributed by atoms with E-state index in [-0.39, 0.29) is 11.6 Å². The molecule has 0 atom stereocenters. The molecule has 7 nitrogen and oxygen atoms in total. The first-order chi connectivity index (χ1) is 17.2. The highest BCUT2D eigenvalue weighted by Crippen LogP contribution is 2.18. The predicted molar refractivity (Wildman–Crippen MR) is 137 cm³/mol. The summed E-state index contributed by atoms with van der Waals surface area (Å²) in [5.74, 6) is 0. The Bertz CT molecular complexity index is 1530. The number of pyridine rings is 1. The average molecular weight is 462 g/mol. The van der Waals surface area contributed by atoms with E-state index in [1.807, 2.05) is 72.8 Å². The number of urea groups is 1. The summed E-state index contributed by atoms with van der Waals surface area (Å²) in [6, 6.07) is 29.9. The molecular weight excluding hydrogens is 438 g/mol. The molecule has 5 rings (SSSR count). The number of carbonyl (C=O) groups is 1. The van der Waals surface area contributed by atoms with Gasteiger partial charge in [0.05, 0.1) is 5.69 Å². The van der Waals surface area contributed by atoms with Gasteiger partial charge in [0.2, 0.25) is 0 Å². The van der Waals surface area contributed by atoms with Gasteiger partial charge < -0.3 is 10.6 Å². The molecule has 0 spiro atoms. The monoisotopic (exact) mass is 461 g/mol. The highest BCUT2D eigenvalue weighted by Gasteiger charge is 2.15. The second-order valence-electron chi connectivity index (χ2n) is 8.05. The van der Waals surface area contributed by atoms with Gasteiger partial charge in [0.25, 0.3) is 5.56 Å². The molecule has 3 aromatic carbocycles. The minimum Gasteiger partial charge on any atom is -0.334 e. The first-order valence-corrected chi connectivity index (χ1v) is 11.3. The summed E-state index contributed by atoms with van der Waals surface area (Å²) in [6.07, 6.45) is 2.04. The Morgan fingerprint density at radius 3 is 2.34 bits per heavy atom. The van der Waals surface area contributed by atoms with Crippen LogP contribution in [0.5, 0.6) is 0 Å². The molecule has 0 fully saturated rings. The molecule has 0 bridgehead atoms. The van der Waals surface area contributed by atoms with E-state index in [2.05, 4.69) is 20.6 Å². The smallest absolute Gasteiger partial charge is 0.319 e. The van der Waals surface area contributed by atoms with E-state index in [9.17, 15) is 9.59 Å². The summed E-state index contributed by atoms with van der Waals surface area (Å²) >= 11 is 0. The Hall–Kier alpha value is -4.78. The maximum absolute atomic E-state index is 13.5. The van der Waals surface area contributed by atoms with E-state index in [0.29, 0.717) is 41.2 Å². The molecule has 7 heteroatoms. The van der Waals surface area contributed by atoms with Crippen molar-refractivity contribution in [1.82, 2.24) is 19.9 Å². The molecule has 2 N–H and O–H groups in total. The zero-order valence-electron chi connectivity index (χ0n) is 18.9. The summed E-state index contributed by atoms with van der Waals surface area (Å²) in [5, 5.41) is 5.69. The van der Waals surface area contributed by atoms with Crippen molar-refractivity contribution in [2.45, 2.75) is 13.0 Å². The Morgan fingerprint density at radius 1 is 0.829 bits per heavy atom. The molecule has 0 unspecified atom stereocenters. The van der Waals surface area contributed by atoms with Gasteiger partial charge in [0, 0.05) is 24.8 Å². The quantitative estimate of drug-likeness (QED) is 0.384. The fourth-order valence-electron chi connectivity index (χ4n) is 3.89. The topological polar surface area (TPSA) is 88.9 Å². The summed E-state index contributed by atoms with van der Waals surface area (Å²) < 4.78 is 1.55. The van der Waals surface area contributed by atoms with E-state index < -0.39 is 0 Å². The third-order valence-corrected chi connectivity index (χ3v) is 5.56. The van der Waals surface area contributed by atoms with Crippen LogP contribution in [-0.4, -0.2) is 20.6 Å². The Morgan fingerprint density at radius 2 is 1.57 bits per heavy atom. The van der Waals surface area contributed by atoms with Crippen molar-refractivity contribution in [3.8, 4) is 5.69 Å². The van der Waals surface area contributed by atoms with Gasteiger partial charge in [-0.25, -0.2) is 14.8 Å². The number of fused-ring (bicyclic) bond motifs is 1. The van der Waals surface area contributed by atoms with Crippen molar-refractivity contribution < 1.29 is 4.79 Å². The first kappa shape index (κ1) is 22.0. The minimum absolute atomic E-state index is 0.245. The van der Waals surface area contributed by atoms with Gasteiger partial charge in [-0.3, -0.25) is 9.36 Å². The summed E-state index contributed by atoms with van der Waals surface area (Å²) in [7, 11) is 0. The van der Waals surface area contributed by atoms with Crippen molar-refractivity contribution in [3.05, 3.63) is 130 Å². The summed E-state index contributed by atoms with van der Waals surface area (Å²) in [6.45, 7) is 0.410. The van der Waals surface area contributed by atoms with Crippen LogP contribution in [0.1, 0.15) is 16.8 Å². The van der Waals surface area contributed by atoms with Crippen LogP contribution in [0.25, 0.3) is 16.9 Å². The van der Waals surface area contributed by atoms with Gasteiger partial charge in [0.1, 0.15) is 11.2 Å². The maximum atomic E-state index is 13.5. The molecule has 0 saturated heterocycles. The first-order valence-electron chi connectivity index (χ1n) is 11.3. The molecular formula is C28H23N5O2. The van der Waals surface area contributed by atoms with Crippen molar-refractivity contribution in [1.29, 1.82) is 0 Å². The minimum atomic E-state index is -0.333. The lowest BCUT2D eigenvalue weighted by Crippen LogP contribution is -2.28. The number of hydrogen-bond donors (Lipinski definition) is 2. The zero-order chi connectivity index (χ0) is 24.0. The van der Waals surface area contributed by atoms with Gasteiger partial charge >= 0.3 is 6.03 Å². The van der Waals surface area contributed by atoms with E-state index >= 15 is 0 Å². The lowest BCUT2D eigenvalue weighted by Gasteiger charge is -2.13. The van der Waals surface area contributed by atoms with Crippen LogP contribution in [0.2, 0.25) is 0 Å². The van der Waals surface area contributed by atoms with Gasteiger partial charge in [-0.05, 0) is 41.5 Å². The number of nitrogens with zero attached hydrogens (tertiary/aromatic N) is 3. The van der Waals surface area contributed by atoms with Gasteiger partial charge in [-0.1, -0.05) is 66.7 Å². The number of anilines is 1. The van der Waals surface area contributed by atoms with Crippen LogP contribution in [-0.2, 0) is 13.0 Å². The van der Waals surface area contributed by atoms with Crippen LogP contribution in [0, 0.1) is 0 Å². The van der Waals surface area contributed by atoms with Crippen LogP contribution < -0.4 is 16.2 Å². The summed E-state index contributed by atoms with van der Waals surface area (Å²) in [5.41, 5.74) is 4.42. The molecule has 0 saturated carbocycles. The average Bonchev–Trinajstić information content (AvgIpc) is 2.89. The molecule has 2 aromatic heterocycles. The molecule has 0 aliphatic heterocycles. The normalized spacial score (nSPS) is 10.7. The van der Waals surface area contributed by atoms with Crippen molar-refractivity contribution in [2.24, 2.45) is 0 Å². The number of rotatable bonds is 6. The van der Waals surface area contributed by atoms with E-state index in [0.717, 1.165) is 11.1 Å². The number of aromatic nitrogens is 3. The molecule has 0 aliphatic rings. The highest BCUT2D eigenvalue weighted by molar-refractivity contribution is 5.89. The predicted octanol–water partition coefficient (Wildman–Crippen LogP) is 4.69. The number of hydrogen-bond acceptors (Lipinski definition) is 4. The number of carbonyl (C=O) groups excluding carboxylic acids is 1. The largest absolute Gasteiger partial charge is 0.334 e. The van der Waals surface area contributed by atoms with Gasteiger partial charge in [0.15, 0.2) is 5.65 Å². The fraction of sp³-hybridized carbons (Fsp3) is 0.0714. The Labute approximate surface area is 202 Å². The molecule has 0 aliphatic carbocycles. The fourth-order valence-corrected chi connectivity index (χ4v) is 3.89. The van der Waals surface area contributed by atoms with Gasteiger partial charge in [-0.2, -0.15) is 0 Å². The second kappa shape index (κ2) is 10.0. The Kier molecular flexibility index (Phi) is 6.30. The molecule has 0 radical (unpaired) electrons. The number of nitrogens with one attached hydrogen (secondary N) is 2. The van der Waals surface area contributed by atoms with Crippen molar-refractivity contribution in [2.75, 3.05) is 5.32 Å².